The second-order valence-electron chi connectivity index (χ2n) is 6.84. The van der Waals surface area contributed by atoms with Crippen LogP contribution in [0.3, 0.4) is 0 Å². The van der Waals surface area contributed by atoms with Crippen molar-refractivity contribution >= 4 is 5.91 Å². The third-order valence-corrected chi connectivity index (χ3v) is 4.88. The Morgan fingerprint density at radius 3 is 2.68 bits per heavy atom. The number of carbonyl (C=O) groups is 1. The summed E-state index contributed by atoms with van der Waals surface area (Å²) in [5, 5.41) is 14.9. The van der Waals surface area contributed by atoms with Gasteiger partial charge in [0.15, 0.2) is 0 Å². The van der Waals surface area contributed by atoms with Crippen molar-refractivity contribution in [2.45, 2.75) is 25.6 Å². The first-order valence-electron chi connectivity index (χ1n) is 9.04. The van der Waals surface area contributed by atoms with Crippen LogP contribution < -0.4 is 0 Å². The van der Waals surface area contributed by atoms with Gasteiger partial charge in [0.1, 0.15) is 17.7 Å². The Bertz CT molecular complexity index is 1000. The molecule has 2 heterocycles. The molecule has 0 fully saturated rings. The predicted octanol–water partition coefficient (Wildman–Crippen LogP) is 3.09. The fraction of sp³-hybridized carbons (Fsp3) is 0.238. The Kier molecular flexibility index (Phi) is 4.92. The zero-order valence-corrected chi connectivity index (χ0v) is 15.1. The predicted molar refractivity (Wildman–Crippen MR) is 98.4 cm³/mol. The van der Waals surface area contributed by atoms with E-state index in [0.717, 1.165) is 29.5 Å². The van der Waals surface area contributed by atoms with E-state index in [2.05, 4.69) is 5.10 Å². The second-order valence-corrected chi connectivity index (χ2v) is 6.84. The monoisotopic (exact) mass is 383 g/mol. The normalized spacial score (nSPS) is 14.6. The van der Waals surface area contributed by atoms with Gasteiger partial charge in [-0.2, -0.15) is 5.10 Å². The van der Waals surface area contributed by atoms with Gasteiger partial charge in [-0.25, -0.2) is 8.78 Å². The third kappa shape index (κ3) is 3.66. The van der Waals surface area contributed by atoms with E-state index in [1.165, 1.54) is 4.90 Å². The summed E-state index contributed by atoms with van der Waals surface area (Å²) in [7, 11) is 0. The number of rotatable bonds is 4. The lowest BCUT2D eigenvalue weighted by atomic mass is 10.1. The average molecular weight is 383 g/mol. The Morgan fingerprint density at radius 1 is 1.11 bits per heavy atom. The number of fused-ring (bicyclic) bond motifs is 1. The van der Waals surface area contributed by atoms with Crippen LogP contribution in [0.5, 0.6) is 0 Å². The molecule has 5 nitrogen and oxygen atoms in total. The molecular weight excluding hydrogens is 364 g/mol. The molecule has 0 aliphatic carbocycles. The lowest BCUT2D eigenvalue weighted by molar-refractivity contribution is 0.0700. The minimum atomic E-state index is -0.759. The van der Waals surface area contributed by atoms with Crippen LogP contribution in [0.25, 0.3) is 0 Å². The molecule has 0 saturated heterocycles. The van der Waals surface area contributed by atoms with E-state index in [0.29, 0.717) is 25.2 Å². The second kappa shape index (κ2) is 7.52. The lowest BCUT2D eigenvalue weighted by Crippen LogP contribution is -2.38. The Labute approximate surface area is 160 Å². The first kappa shape index (κ1) is 18.3. The zero-order valence-electron chi connectivity index (χ0n) is 15.1. The molecule has 0 radical (unpaired) electrons. The number of hydrogen-bond acceptors (Lipinski definition) is 3. The number of halogens is 2. The number of nitrogens with zero attached hydrogens (tertiary/aromatic N) is 3. The van der Waals surface area contributed by atoms with E-state index in [-0.39, 0.29) is 12.1 Å². The van der Waals surface area contributed by atoms with E-state index in [1.807, 2.05) is 30.3 Å². The number of aliphatic hydroxyl groups excluding tert-OH is 1. The highest BCUT2D eigenvalue weighted by molar-refractivity contribution is 5.94. The lowest BCUT2D eigenvalue weighted by Gasteiger charge is -2.27. The van der Waals surface area contributed by atoms with Crippen LogP contribution in [-0.4, -0.2) is 32.2 Å². The minimum absolute atomic E-state index is 0.222. The topological polar surface area (TPSA) is 58.4 Å². The molecule has 0 saturated carbocycles. The fourth-order valence-electron chi connectivity index (χ4n) is 3.40. The van der Waals surface area contributed by atoms with Gasteiger partial charge in [-0.05, 0) is 29.8 Å². The SMILES string of the molecule is O=C(c1cc(F)ccc1F)N1CCn2nc([C@H](O)Cc3ccccc3)cc2C1. The number of hydrogen-bond donors (Lipinski definition) is 1. The Hall–Kier alpha value is -3.06. The van der Waals surface area contributed by atoms with Gasteiger partial charge in [0.05, 0.1) is 30.0 Å². The highest BCUT2D eigenvalue weighted by Crippen LogP contribution is 2.23. The Balaban J connectivity index is 1.50. The van der Waals surface area contributed by atoms with Gasteiger partial charge in [-0.3, -0.25) is 9.48 Å². The van der Waals surface area contributed by atoms with Crippen molar-refractivity contribution in [3.05, 3.63) is 88.7 Å². The standard InChI is InChI=1S/C21H19F2N3O2/c22-15-6-7-18(23)17(11-15)21(28)25-8-9-26-16(13-25)12-19(24-26)20(27)10-14-4-2-1-3-5-14/h1-7,11-12,20,27H,8-10,13H2/t20-/m1/s1. The fourth-order valence-corrected chi connectivity index (χ4v) is 3.40. The van der Waals surface area contributed by atoms with Crippen molar-refractivity contribution in [1.29, 1.82) is 0 Å². The largest absolute Gasteiger partial charge is 0.386 e. The highest BCUT2D eigenvalue weighted by atomic mass is 19.1. The van der Waals surface area contributed by atoms with Crippen molar-refractivity contribution in [1.82, 2.24) is 14.7 Å². The molecule has 1 aromatic heterocycles. The van der Waals surface area contributed by atoms with Crippen molar-refractivity contribution in [2.75, 3.05) is 6.54 Å². The summed E-state index contributed by atoms with van der Waals surface area (Å²) in [5.74, 6) is -1.96. The van der Waals surface area contributed by atoms with E-state index in [9.17, 15) is 18.7 Å². The first-order valence-corrected chi connectivity index (χ1v) is 9.04. The quantitative estimate of drug-likeness (QED) is 0.753. The van der Waals surface area contributed by atoms with Gasteiger partial charge in [0.2, 0.25) is 0 Å². The molecule has 0 bridgehead atoms. The minimum Gasteiger partial charge on any atom is -0.386 e. The number of aliphatic hydroxyl groups is 1. The summed E-state index contributed by atoms with van der Waals surface area (Å²) in [6, 6.07) is 14.2. The molecule has 2 aromatic carbocycles. The molecule has 7 heteroatoms. The maximum absolute atomic E-state index is 13.9. The van der Waals surface area contributed by atoms with Gasteiger partial charge in [-0.1, -0.05) is 30.3 Å². The molecule has 1 aliphatic heterocycles. The molecular formula is C21H19F2N3O2. The molecule has 4 rings (SSSR count). The van der Waals surface area contributed by atoms with E-state index < -0.39 is 23.6 Å². The van der Waals surface area contributed by atoms with Crippen molar-refractivity contribution in [3.8, 4) is 0 Å². The van der Waals surface area contributed by atoms with Crippen LogP contribution in [0, 0.1) is 11.6 Å². The first-order chi connectivity index (χ1) is 13.5. The summed E-state index contributed by atoms with van der Waals surface area (Å²) in [6.45, 7) is 0.980. The summed E-state index contributed by atoms with van der Waals surface area (Å²) in [5.41, 5.74) is 2.00. The van der Waals surface area contributed by atoms with Crippen LogP contribution in [0.1, 0.15) is 33.4 Å². The maximum atomic E-state index is 13.9. The van der Waals surface area contributed by atoms with Gasteiger partial charge in [0.25, 0.3) is 5.91 Å². The molecule has 144 valence electrons. The molecule has 28 heavy (non-hydrogen) atoms. The third-order valence-electron chi connectivity index (χ3n) is 4.88. The van der Waals surface area contributed by atoms with Crippen molar-refractivity contribution < 1.29 is 18.7 Å². The smallest absolute Gasteiger partial charge is 0.257 e. The number of benzene rings is 2. The zero-order chi connectivity index (χ0) is 19.7. The molecule has 1 N–H and O–H groups in total. The average Bonchev–Trinajstić information content (AvgIpc) is 3.13. The molecule has 0 spiro atoms. The van der Waals surface area contributed by atoms with Crippen LogP contribution in [-0.2, 0) is 19.5 Å². The summed E-state index contributed by atoms with van der Waals surface area (Å²) in [4.78, 5) is 14.1. The van der Waals surface area contributed by atoms with Crippen LogP contribution in [0.2, 0.25) is 0 Å². The van der Waals surface area contributed by atoms with Gasteiger partial charge >= 0.3 is 0 Å². The number of amides is 1. The summed E-state index contributed by atoms with van der Waals surface area (Å²) >= 11 is 0. The highest BCUT2D eigenvalue weighted by Gasteiger charge is 2.26. The maximum Gasteiger partial charge on any atom is 0.257 e. The number of carbonyl (C=O) groups excluding carboxylic acids is 1. The van der Waals surface area contributed by atoms with E-state index >= 15 is 0 Å². The van der Waals surface area contributed by atoms with Gasteiger partial charge in [-0.15, -0.1) is 0 Å². The van der Waals surface area contributed by atoms with Gasteiger partial charge < -0.3 is 10.0 Å². The van der Waals surface area contributed by atoms with Gasteiger partial charge in [0, 0.05) is 13.0 Å². The van der Waals surface area contributed by atoms with Crippen molar-refractivity contribution in [3.63, 3.8) is 0 Å². The molecule has 3 aromatic rings. The van der Waals surface area contributed by atoms with Crippen LogP contribution >= 0.6 is 0 Å². The van der Waals surface area contributed by atoms with Crippen LogP contribution in [0.15, 0.2) is 54.6 Å². The van der Waals surface area contributed by atoms with Crippen LogP contribution in [0.4, 0.5) is 8.78 Å². The summed E-state index contributed by atoms with van der Waals surface area (Å²) in [6.07, 6.45) is -0.320. The van der Waals surface area contributed by atoms with E-state index in [4.69, 9.17) is 0 Å². The van der Waals surface area contributed by atoms with E-state index in [1.54, 1.807) is 10.7 Å². The summed E-state index contributed by atoms with van der Waals surface area (Å²) < 4.78 is 29.1. The molecule has 1 amide bonds. The molecule has 1 aliphatic rings. The van der Waals surface area contributed by atoms with Crippen molar-refractivity contribution in [2.24, 2.45) is 0 Å². The molecule has 1 atom stereocenters. The Morgan fingerprint density at radius 2 is 1.89 bits per heavy atom. The molecule has 0 unspecified atom stereocenters. The number of aromatic nitrogens is 2.